The van der Waals surface area contributed by atoms with E-state index >= 15 is 0 Å². The van der Waals surface area contributed by atoms with E-state index in [0.29, 0.717) is 29.3 Å². The molecule has 3 atom stereocenters. The molecule has 4 N–H and O–H groups in total. The Labute approximate surface area is 209 Å². The van der Waals surface area contributed by atoms with Gasteiger partial charge in [-0.2, -0.15) is 0 Å². The fourth-order valence-corrected chi connectivity index (χ4v) is 4.89. The normalized spacial score (nSPS) is 19.7. The number of carbonyl (C=O) groups excluding carboxylic acids is 2. The SMILES string of the molecule is CNC(=O)c1cc(Br)cc([N+](=O)[O-])c1NC1C(O)CCCC1NC(=O)c1cncc2ccccc12. The van der Waals surface area contributed by atoms with Crippen LogP contribution in [0.1, 0.15) is 40.0 Å². The van der Waals surface area contributed by atoms with Gasteiger partial charge in [0.05, 0.1) is 34.2 Å². The summed E-state index contributed by atoms with van der Waals surface area (Å²) in [5.41, 5.74) is 0.103. The van der Waals surface area contributed by atoms with Crippen molar-refractivity contribution in [2.75, 3.05) is 12.4 Å². The Bertz CT molecular complexity index is 1300. The van der Waals surface area contributed by atoms with Crippen LogP contribution in [-0.4, -0.2) is 52.1 Å². The number of aliphatic hydroxyl groups is 1. The number of rotatable bonds is 6. The minimum Gasteiger partial charge on any atom is -0.391 e. The smallest absolute Gasteiger partial charge is 0.294 e. The van der Waals surface area contributed by atoms with E-state index in [2.05, 4.69) is 36.9 Å². The van der Waals surface area contributed by atoms with E-state index < -0.39 is 29.0 Å². The molecule has 1 aliphatic carbocycles. The van der Waals surface area contributed by atoms with Crippen molar-refractivity contribution in [3.05, 3.63) is 74.5 Å². The third-order valence-corrected chi connectivity index (χ3v) is 6.61. The van der Waals surface area contributed by atoms with Crippen molar-refractivity contribution in [3.63, 3.8) is 0 Å². The summed E-state index contributed by atoms with van der Waals surface area (Å²) >= 11 is 3.22. The van der Waals surface area contributed by atoms with Gasteiger partial charge in [-0.25, -0.2) is 0 Å². The molecule has 10 nitrogen and oxygen atoms in total. The maximum atomic E-state index is 13.2. The van der Waals surface area contributed by atoms with E-state index in [1.54, 1.807) is 6.20 Å². The number of halogens is 1. The number of anilines is 1. The number of benzene rings is 2. The molecule has 3 unspecified atom stereocenters. The molecule has 0 saturated heterocycles. The lowest BCUT2D eigenvalue weighted by Gasteiger charge is -2.37. The molecule has 1 aromatic heterocycles. The molecule has 11 heteroatoms. The Morgan fingerprint density at radius 3 is 2.66 bits per heavy atom. The average molecular weight is 542 g/mol. The van der Waals surface area contributed by atoms with E-state index in [1.807, 2.05) is 24.3 Å². The summed E-state index contributed by atoms with van der Waals surface area (Å²) in [5, 5.41) is 32.7. The number of fused-ring (bicyclic) bond motifs is 1. The van der Waals surface area contributed by atoms with Crippen LogP contribution in [-0.2, 0) is 0 Å². The molecule has 1 heterocycles. The van der Waals surface area contributed by atoms with Crippen molar-refractivity contribution in [2.45, 2.75) is 37.5 Å². The van der Waals surface area contributed by atoms with E-state index in [0.717, 1.165) is 10.8 Å². The van der Waals surface area contributed by atoms with Crippen LogP contribution in [0, 0.1) is 10.1 Å². The Hall–Kier alpha value is -3.57. The lowest BCUT2D eigenvalue weighted by molar-refractivity contribution is -0.384. The first kappa shape index (κ1) is 24.6. The van der Waals surface area contributed by atoms with E-state index in [1.165, 1.54) is 25.4 Å². The monoisotopic (exact) mass is 541 g/mol. The zero-order valence-corrected chi connectivity index (χ0v) is 20.4. The maximum absolute atomic E-state index is 13.2. The molecular weight excluding hydrogens is 518 g/mol. The number of nitro groups is 1. The highest BCUT2D eigenvalue weighted by Gasteiger charge is 2.36. The van der Waals surface area contributed by atoms with Crippen LogP contribution in [0.3, 0.4) is 0 Å². The summed E-state index contributed by atoms with van der Waals surface area (Å²) in [6, 6.07) is 8.83. The van der Waals surface area contributed by atoms with Gasteiger partial charge in [-0.15, -0.1) is 0 Å². The van der Waals surface area contributed by atoms with Crippen LogP contribution in [0.25, 0.3) is 10.8 Å². The summed E-state index contributed by atoms with van der Waals surface area (Å²) in [7, 11) is 1.43. The molecule has 0 bridgehead atoms. The molecule has 3 aromatic rings. The Kier molecular flexibility index (Phi) is 7.27. The average Bonchev–Trinajstić information content (AvgIpc) is 2.85. The summed E-state index contributed by atoms with van der Waals surface area (Å²) in [4.78, 5) is 41.1. The topological polar surface area (TPSA) is 146 Å². The van der Waals surface area contributed by atoms with Gasteiger partial charge >= 0.3 is 0 Å². The number of nitrogens with zero attached hydrogens (tertiary/aromatic N) is 2. The second-order valence-electron chi connectivity index (χ2n) is 8.34. The van der Waals surface area contributed by atoms with Crippen LogP contribution in [0.4, 0.5) is 11.4 Å². The Morgan fingerprint density at radius 2 is 1.91 bits per heavy atom. The second kappa shape index (κ2) is 10.4. The van der Waals surface area contributed by atoms with E-state index in [4.69, 9.17) is 0 Å². The standard InChI is InChI=1S/C24H24BrN5O5/c1-26-23(32)16-9-14(25)10-19(30(34)35)21(16)29-22-18(7-4-8-20(22)31)28-24(33)17-12-27-11-13-5-2-3-6-15(13)17/h2-3,5-6,9-12,18,20,22,29,31H,4,7-8H2,1H3,(H,26,32)(H,28,33). The third-order valence-electron chi connectivity index (χ3n) is 6.15. The summed E-state index contributed by atoms with van der Waals surface area (Å²) in [6.07, 6.45) is 3.90. The van der Waals surface area contributed by atoms with Gasteiger partial charge < -0.3 is 21.1 Å². The molecule has 4 rings (SSSR count). The number of amides is 2. The molecule has 35 heavy (non-hydrogen) atoms. The first-order chi connectivity index (χ1) is 16.8. The predicted molar refractivity (Wildman–Crippen MR) is 134 cm³/mol. The molecule has 1 saturated carbocycles. The van der Waals surface area contributed by atoms with Gasteiger partial charge in [0.1, 0.15) is 5.69 Å². The van der Waals surface area contributed by atoms with Crippen LogP contribution in [0.15, 0.2) is 53.3 Å². The minimum absolute atomic E-state index is 0.0189. The third kappa shape index (κ3) is 5.10. The zero-order chi connectivity index (χ0) is 25.1. The molecule has 2 amide bonds. The lowest BCUT2D eigenvalue weighted by atomic mass is 9.87. The number of hydrogen-bond donors (Lipinski definition) is 4. The van der Waals surface area contributed by atoms with Gasteiger partial charge in [-0.1, -0.05) is 40.2 Å². The molecule has 2 aromatic carbocycles. The Morgan fingerprint density at radius 1 is 1.14 bits per heavy atom. The molecular formula is C24H24BrN5O5. The first-order valence-corrected chi connectivity index (χ1v) is 11.9. The van der Waals surface area contributed by atoms with Gasteiger partial charge in [0.15, 0.2) is 0 Å². The van der Waals surface area contributed by atoms with Crippen molar-refractivity contribution >= 4 is 49.9 Å². The van der Waals surface area contributed by atoms with E-state index in [9.17, 15) is 24.8 Å². The summed E-state index contributed by atoms with van der Waals surface area (Å²) < 4.78 is 0.367. The molecule has 1 aliphatic rings. The number of carbonyl (C=O) groups is 2. The van der Waals surface area contributed by atoms with Gasteiger partial charge in [-0.3, -0.25) is 24.7 Å². The van der Waals surface area contributed by atoms with Crippen LogP contribution < -0.4 is 16.0 Å². The van der Waals surface area contributed by atoms with Crippen molar-refractivity contribution in [3.8, 4) is 0 Å². The fourth-order valence-electron chi connectivity index (χ4n) is 4.45. The molecule has 0 radical (unpaired) electrons. The Balaban J connectivity index is 1.68. The van der Waals surface area contributed by atoms with Gasteiger partial charge in [-0.05, 0) is 30.7 Å². The minimum atomic E-state index is -0.902. The number of aromatic nitrogens is 1. The van der Waals surface area contributed by atoms with Crippen LogP contribution in [0.5, 0.6) is 0 Å². The highest BCUT2D eigenvalue weighted by Crippen LogP contribution is 2.35. The molecule has 0 aliphatic heterocycles. The second-order valence-corrected chi connectivity index (χ2v) is 9.26. The molecule has 0 spiro atoms. The van der Waals surface area contributed by atoms with Crippen LogP contribution >= 0.6 is 15.9 Å². The molecule has 1 fully saturated rings. The van der Waals surface area contributed by atoms with Crippen molar-refractivity contribution in [1.29, 1.82) is 0 Å². The number of nitro benzene ring substituents is 1. The molecule has 182 valence electrons. The highest BCUT2D eigenvalue weighted by molar-refractivity contribution is 9.10. The quantitative estimate of drug-likeness (QED) is 0.276. The number of pyridine rings is 1. The zero-order valence-electron chi connectivity index (χ0n) is 18.8. The number of nitrogens with one attached hydrogen (secondary N) is 3. The fraction of sp³-hybridized carbons (Fsp3) is 0.292. The van der Waals surface area contributed by atoms with Crippen LogP contribution in [0.2, 0.25) is 0 Å². The van der Waals surface area contributed by atoms with Gasteiger partial charge in [0, 0.05) is 35.4 Å². The largest absolute Gasteiger partial charge is 0.391 e. The predicted octanol–water partition coefficient (Wildman–Crippen LogP) is 3.39. The van der Waals surface area contributed by atoms with Crippen molar-refractivity contribution < 1.29 is 19.6 Å². The number of hydrogen-bond acceptors (Lipinski definition) is 7. The van der Waals surface area contributed by atoms with Crippen molar-refractivity contribution in [2.24, 2.45) is 0 Å². The summed E-state index contributed by atoms with van der Waals surface area (Å²) in [6.45, 7) is 0. The highest BCUT2D eigenvalue weighted by atomic mass is 79.9. The lowest BCUT2D eigenvalue weighted by Crippen LogP contribution is -2.55. The summed E-state index contributed by atoms with van der Waals surface area (Å²) in [5.74, 6) is -0.887. The maximum Gasteiger partial charge on any atom is 0.294 e. The van der Waals surface area contributed by atoms with Crippen molar-refractivity contribution in [1.82, 2.24) is 15.6 Å². The first-order valence-electron chi connectivity index (χ1n) is 11.1. The number of aliphatic hydroxyl groups excluding tert-OH is 1. The van der Waals surface area contributed by atoms with E-state index in [-0.39, 0.29) is 22.8 Å². The van der Waals surface area contributed by atoms with Gasteiger partial charge in [0.2, 0.25) is 0 Å². The van der Waals surface area contributed by atoms with Gasteiger partial charge in [0.25, 0.3) is 17.5 Å².